The van der Waals surface area contributed by atoms with E-state index >= 15 is 0 Å². The summed E-state index contributed by atoms with van der Waals surface area (Å²) in [4.78, 5) is 42.3. The Labute approximate surface area is 167 Å². The number of fused-ring (bicyclic) bond motifs is 1. The summed E-state index contributed by atoms with van der Waals surface area (Å²) >= 11 is 0. The molecule has 0 bridgehead atoms. The van der Waals surface area contributed by atoms with Gasteiger partial charge in [0.2, 0.25) is 11.3 Å². The Morgan fingerprint density at radius 3 is 2.24 bits per heavy atom. The first-order valence-electron chi connectivity index (χ1n) is 9.03. The van der Waals surface area contributed by atoms with Gasteiger partial charge in [0, 0.05) is 19.4 Å². The molecule has 1 aliphatic rings. The summed E-state index contributed by atoms with van der Waals surface area (Å²) in [5, 5.41) is 20.5. The smallest absolute Gasteiger partial charge is 0.387 e. The second-order valence-corrected chi connectivity index (χ2v) is 6.51. The van der Waals surface area contributed by atoms with Gasteiger partial charge in [-0.2, -0.15) is 0 Å². The van der Waals surface area contributed by atoms with Crippen LogP contribution in [0.1, 0.15) is 32.7 Å². The van der Waals surface area contributed by atoms with Gasteiger partial charge < -0.3 is 10.4 Å². The van der Waals surface area contributed by atoms with E-state index in [0.717, 1.165) is 16.7 Å². The normalized spacial score (nSPS) is 14.3. The SMILES string of the molecule is N#[N+]C=C(O)CCNC(=O)C(Cc1ccccc1)N1C(=O)c2ccccc2C1=O. The number of carbonyl (C=O) groups excluding carboxylic acids is 3. The number of imide groups is 1. The van der Waals surface area contributed by atoms with E-state index in [9.17, 15) is 19.5 Å². The van der Waals surface area contributed by atoms with Gasteiger partial charge in [0.1, 0.15) is 6.04 Å². The van der Waals surface area contributed by atoms with Gasteiger partial charge in [-0.1, -0.05) is 42.5 Å². The van der Waals surface area contributed by atoms with Crippen molar-refractivity contribution in [3.63, 3.8) is 0 Å². The Kier molecular flexibility index (Phi) is 6.00. The lowest BCUT2D eigenvalue weighted by Gasteiger charge is -2.25. The molecule has 3 rings (SSSR count). The van der Waals surface area contributed by atoms with Gasteiger partial charge in [-0.3, -0.25) is 19.3 Å². The maximum Gasteiger partial charge on any atom is 0.387 e. The highest BCUT2D eigenvalue weighted by Crippen LogP contribution is 2.26. The van der Waals surface area contributed by atoms with Crippen molar-refractivity contribution in [3.8, 4) is 0 Å². The van der Waals surface area contributed by atoms with E-state index in [4.69, 9.17) is 5.39 Å². The lowest BCUT2D eigenvalue weighted by atomic mass is 10.0. The Hall–Kier alpha value is -3.99. The number of benzene rings is 2. The molecule has 2 aromatic rings. The number of carbonyl (C=O) groups is 3. The number of nitrogens with one attached hydrogen (secondary N) is 1. The van der Waals surface area contributed by atoms with E-state index in [0.29, 0.717) is 0 Å². The third kappa shape index (κ3) is 4.30. The first-order valence-corrected chi connectivity index (χ1v) is 9.03. The second kappa shape index (κ2) is 8.80. The van der Waals surface area contributed by atoms with E-state index in [-0.39, 0.29) is 36.3 Å². The van der Waals surface area contributed by atoms with Crippen molar-refractivity contribution in [3.05, 3.63) is 88.2 Å². The van der Waals surface area contributed by atoms with Crippen LogP contribution in [0.25, 0.3) is 4.98 Å². The molecule has 8 nitrogen and oxygen atoms in total. The van der Waals surface area contributed by atoms with Gasteiger partial charge in [-0.15, -0.1) is 0 Å². The van der Waals surface area contributed by atoms with Crippen molar-refractivity contribution in [2.45, 2.75) is 18.9 Å². The minimum absolute atomic E-state index is 0.0377. The number of hydrogen-bond donors (Lipinski definition) is 2. The van der Waals surface area contributed by atoms with Crippen molar-refractivity contribution in [2.24, 2.45) is 0 Å². The lowest BCUT2D eigenvalue weighted by Crippen LogP contribution is -2.51. The number of aliphatic hydroxyl groups is 1. The standard InChI is InChI=1S/C21H18N4O4/c22-24-13-15(26)10-11-23-19(27)18(12-14-6-2-1-3-7-14)25-20(28)16-8-4-5-9-17(16)21(25)29/h1-9,13,18H,10-12H2,(H-,23,26,27)/p+1. The Bertz CT molecular complexity index is 976. The van der Waals surface area contributed by atoms with Crippen LogP contribution >= 0.6 is 0 Å². The van der Waals surface area contributed by atoms with Gasteiger partial charge in [0.05, 0.1) is 11.1 Å². The number of amides is 3. The quantitative estimate of drug-likeness (QED) is 0.428. The molecule has 29 heavy (non-hydrogen) atoms. The van der Waals surface area contributed by atoms with Crippen molar-refractivity contribution in [1.29, 1.82) is 5.39 Å². The average Bonchev–Trinajstić information content (AvgIpc) is 2.98. The molecule has 146 valence electrons. The zero-order chi connectivity index (χ0) is 20.8. The van der Waals surface area contributed by atoms with Crippen LogP contribution in [0.4, 0.5) is 0 Å². The maximum absolute atomic E-state index is 12.9. The molecule has 0 saturated carbocycles. The summed E-state index contributed by atoms with van der Waals surface area (Å²) in [5.74, 6) is -1.75. The molecule has 1 aliphatic heterocycles. The van der Waals surface area contributed by atoms with Gasteiger partial charge in [0.15, 0.2) is 10.7 Å². The Balaban J connectivity index is 1.83. The largest absolute Gasteiger partial charge is 0.505 e. The number of hydrogen-bond acceptors (Lipinski definition) is 5. The van der Waals surface area contributed by atoms with Gasteiger partial charge in [-0.05, 0) is 17.7 Å². The zero-order valence-electron chi connectivity index (χ0n) is 15.5. The summed E-state index contributed by atoms with van der Waals surface area (Å²) in [6, 6.07) is 14.5. The van der Waals surface area contributed by atoms with Gasteiger partial charge >= 0.3 is 6.20 Å². The third-order valence-electron chi connectivity index (χ3n) is 4.60. The monoisotopic (exact) mass is 391 g/mol. The summed E-state index contributed by atoms with van der Waals surface area (Å²) in [5.41, 5.74) is 1.34. The fraction of sp³-hybridized carbons (Fsp3) is 0.190. The predicted octanol–water partition coefficient (Wildman–Crippen LogP) is 2.65. The third-order valence-corrected chi connectivity index (χ3v) is 4.60. The molecular weight excluding hydrogens is 372 g/mol. The topological polar surface area (TPSA) is 115 Å². The number of aliphatic hydroxyl groups excluding tert-OH is 1. The first kappa shape index (κ1) is 19.8. The zero-order valence-corrected chi connectivity index (χ0v) is 15.5. The minimum atomic E-state index is -1.04. The van der Waals surface area contributed by atoms with Crippen LogP contribution in [0.2, 0.25) is 0 Å². The molecule has 0 aliphatic carbocycles. The molecule has 1 heterocycles. The molecule has 2 aromatic carbocycles. The summed E-state index contributed by atoms with van der Waals surface area (Å²) in [6.45, 7) is 0.0468. The van der Waals surface area contributed by atoms with Crippen LogP contribution in [0.15, 0.2) is 66.6 Å². The number of rotatable bonds is 7. The highest BCUT2D eigenvalue weighted by Gasteiger charge is 2.42. The van der Waals surface area contributed by atoms with Gasteiger partial charge in [0.25, 0.3) is 11.8 Å². The molecule has 0 spiro atoms. The van der Waals surface area contributed by atoms with Crippen LogP contribution in [0, 0.1) is 5.39 Å². The van der Waals surface area contributed by atoms with Crippen LogP contribution in [-0.2, 0) is 11.2 Å². The van der Waals surface area contributed by atoms with E-state index in [1.165, 1.54) is 0 Å². The fourth-order valence-electron chi connectivity index (χ4n) is 3.19. The van der Waals surface area contributed by atoms with Crippen molar-refractivity contribution in [2.75, 3.05) is 6.54 Å². The van der Waals surface area contributed by atoms with Crippen LogP contribution in [0.3, 0.4) is 0 Å². The first-order chi connectivity index (χ1) is 14.0. The molecule has 0 saturated heterocycles. The van der Waals surface area contributed by atoms with Crippen LogP contribution in [-0.4, -0.2) is 40.3 Å². The molecule has 1 atom stereocenters. The van der Waals surface area contributed by atoms with E-state index in [1.807, 2.05) is 30.3 Å². The van der Waals surface area contributed by atoms with Crippen LogP contribution < -0.4 is 5.32 Å². The van der Waals surface area contributed by atoms with Crippen molar-refractivity contribution >= 4 is 17.7 Å². The predicted molar refractivity (Wildman–Crippen MR) is 104 cm³/mol. The highest BCUT2D eigenvalue weighted by atomic mass is 16.3. The summed E-state index contributed by atoms with van der Waals surface area (Å²) in [6.07, 6.45) is 1.06. The molecule has 0 aromatic heterocycles. The highest BCUT2D eigenvalue weighted by molar-refractivity contribution is 6.22. The van der Waals surface area contributed by atoms with E-state index in [1.54, 1.807) is 24.3 Å². The molecule has 1 unspecified atom stereocenters. The van der Waals surface area contributed by atoms with Crippen molar-refractivity contribution in [1.82, 2.24) is 10.2 Å². The second-order valence-electron chi connectivity index (χ2n) is 6.51. The minimum Gasteiger partial charge on any atom is -0.505 e. The van der Waals surface area contributed by atoms with E-state index in [2.05, 4.69) is 10.3 Å². The maximum atomic E-state index is 12.9. The number of diazo groups is 1. The molecular formula is C21H19N4O4+. The van der Waals surface area contributed by atoms with E-state index < -0.39 is 23.8 Å². The Morgan fingerprint density at radius 2 is 1.66 bits per heavy atom. The fourth-order valence-corrected chi connectivity index (χ4v) is 3.19. The average molecular weight is 391 g/mol. The lowest BCUT2D eigenvalue weighted by molar-refractivity contribution is -0.125. The molecule has 2 N–H and O–H groups in total. The molecule has 3 amide bonds. The summed E-state index contributed by atoms with van der Waals surface area (Å²) in [7, 11) is 0. The molecule has 0 radical (unpaired) electrons. The Morgan fingerprint density at radius 1 is 1.07 bits per heavy atom. The van der Waals surface area contributed by atoms with Gasteiger partial charge in [-0.25, -0.2) is 0 Å². The molecule has 0 fully saturated rings. The summed E-state index contributed by atoms with van der Waals surface area (Å²) < 4.78 is 0. The van der Waals surface area contributed by atoms with Crippen molar-refractivity contribution < 1.29 is 19.5 Å². The molecule has 8 heteroatoms. The number of nitrogens with zero attached hydrogens (tertiary/aromatic N) is 3. The van der Waals surface area contributed by atoms with Crippen LogP contribution in [0.5, 0.6) is 0 Å².